The Labute approximate surface area is 109 Å². The van der Waals surface area contributed by atoms with Crippen molar-refractivity contribution in [3.8, 4) is 0 Å². The molecule has 2 aliphatic carbocycles. The average Bonchev–Trinajstić information content (AvgIpc) is 3.21. The third-order valence-corrected chi connectivity index (χ3v) is 4.71. The minimum Gasteiger partial charge on any atom is -0.460 e. The van der Waals surface area contributed by atoms with Gasteiger partial charge >= 0.3 is 5.97 Å². The fraction of sp³-hybridized carbons (Fsp3) is 0.933. The highest BCUT2D eigenvalue weighted by molar-refractivity contribution is 5.78. The Hall–Kier alpha value is -0.570. The zero-order valence-corrected chi connectivity index (χ0v) is 11.1. The van der Waals surface area contributed by atoms with Crippen molar-refractivity contribution < 1.29 is 14.3 Å². The molecule has 0 aromatic heterocycles. The molecule has 0 amide bonds. The fourth-order valence-corrected chi connectivity index (χ4v) is 3.55. The number of carbonyl (C=O) groups excluding carboxylic acids is 1. The van der Waals surface area contributed by atoms with Gasteiger partial charge in [-0.05, 0) is 44.4 Å². The molecule has 1 heterocycles. The van der Waals surface area contributed by atoms with E-state index in [9.17, 15) is 4.79 Å². The van der Waals surface area contributed by atoms with Gasteiger partial charge in [0, 0.05) is 0 Å². The molecule has 1 saturated heterocycles. The summed E-state index contributed by atoms with van der Waals surface area (Å²) >= 11 is 0. The largest absolute Gasteiger partial charge is 0.460 e. The quantitative estimate of drug-likeness (QED) is 0.572. The van der Waals surface area contributed by atoms with Crippen LogP contribution in [0.15, 0.2) is 0 Å². The summed E-state index contributed by atoms with van der Waals surface area (Å²) < 4.78 is 11.2. The van der Waals surface area contributed by atoms with Crippen LogP contribution in [0.25, 0.3) is 0 Å². The van der Waals surface area contributed by atoms with Crippen molar-refractivity contribution in [3.05, 3.63) is 0 Å². The summed E-state index contributed by atoms with van der Waals surface area (Å²) in [6.07, 6.45) is 12.3. The van der Waals surface area contributed by atoms with Gasteiger partial charge in [-0.25, -0.2) is 4.79 Å². The van der Waals surface area contributed by atoms with Crippen LogP contribution in [0.2, 0.25) is 0 Å². The van der Waals surface area contributed by atoms with Gasteiger partial charge in [0.15, 0.2) is 6.10 Å². The molecule has 3 heteroatoms. The van der Waals surface area contributed by atoms with Crippen molar-refractivity contribution in [2.45, 2.75) is 82.5 Å². The van der Waals surface area contributed by atoms with Crippen LogP contribution in [-0.2, 0) is 14.3 Å². The van der Waals surface area contributed by atoms with Crippen molar-refractivity contribution in [2.75, 3.05) is 0 Å². The van der Waals surface area contributed by atoms with Gasteiger partial charge in [0.05, 0.1) is 6.10 Å². The van der Waals surface area contributed by atoms with Gasteiger partial charge in [0.2, 0.25) is 0 Å². The highest BCUT2D eigenvalue weighted by Gasteiger charge is 2.51. The van der Waals surface area contributed by atoms with E-state index in [1.165, 1.54) is 51.4 Å². The molecule has 1 aliphatic heterocycles. The third kappa shape index (κ3) is 2.87. The van der Waals surface area contributed by atoms with Crippen LogP contribution in [-0.4, -0.2) is 24.3 Å². The molecule has 0 spiro atoms. The second-order valence-electron chi connectivity index (χ2n) is 6.12. The third-order valence-electron chi connectivity index (χ3n) is 4.71. The van der Waals surface area contributed by atoms with Gasteiger partial charge in [-0.15, -0.1) is 0 Å². The van der Waals surface area contributed by atoms with E-state index in [0.29, 0.717) is 5.92 Å². The standard InChI is InChI=1S/C15H24O3/c16-15(17-12-9-5-2-6-10-12)14-13(18-14)11-7-3-1-4-8-11/h11-14H,1-10H2. The summed E-state index contributed by atoms with van der Waals surface area (Å²) in [7, 11) is 0. The maximum Gasteiger partial charge on any atom is 0.338 e. The first-order valence-corrected chi connectivity index (χ1v) is 7.70. The predicted octanol–water partition coefficient (Wildman–Crippen LogP) is 3.21. The van der Waals surface area contributed by atoms with Gasteiger partial charge in [-0.1, -0.05) is 25.7 Å². The van der Waals surface area contributed by atoms with E-state index >= 15 is 0 Å². The summed E-state index contributed by atoms with van der Waals surface area (Å²) in [4.78, 5) is 12.0. The highest BCUT2D eigenvalue weighted by atomic mass is 16.6. The van der Waals surface area contributed by atoms with E-state index in [4.69, 9.17) is 9.47 Å². The van der Waals surface area contributed by atoms with E-state index in [1.807, 2.05) is 0 Å². The van der Waals surface area contributed by atoms with Crippen molar-refractivity contribution in [1.29, 1.82) is 0 Å². The zero-order chi connectivity index (χ0) is 12.4. The Morgan fingerprint density at radius 2 is 1.50 bits per heavy atom. The first-order valence-electron chi connectivity index (χ1n) is 7.70. The lowest BCUT2D eigenvalue weighted by molar-refractivity contribution is -0.152. The molecule has 18 heavy (non-hydrogen) atoms. The SMILES string of the molecule is O=C(OC1CCCCC1)C1OC1C1CCCCC1. The van der Waals surface area contributed by atoms with Crippen LogP contribution < -0.4 is 0 Å². The molecular formula is C15H24O3. The van der Waals surface area contributed by atoms with Gasteiger partial charge in [0.1, 0.15) is 6.10 Å². The average molecular weight is 252 g/mol. The number of epoxide rings is 1. The first kappa shape index (κ1) is 12.5. The number of rotatable bonds is 3. The molecule has 2 unspecified atom stereocenters. The summed E-state index contributed by atoms with van der Waals surface area (Å²) in [5.74, 6) is 0.528. The van der Waals surface area contributed by atoms with E-state index in [0.717, 1.165) is 12.8 Å². The predicted molar refractivity (Wildman–Crippen MR) is 68.2 cm³/mol. The number of ether oxygens (including phenoxy) is 2. The smallest absolute Gasteiger partial charge is 0.338 e. The first-order chi connectivity index (χ1) is 8.84. The Morgan fingerprint density at radius 3 is 2.17 bits per heavy atom. The molecule has 102 valence electrons. The van der Waals surface area contributed by atoms with Gasteiger partial charge < -0.3 is 9.47 Å². The Kier molecular flexibility index (Phi) is 3.88. The molecule has 3 aliphatic rings. The van der Waals surface area contributed by atoms with E-state index in [2.05, 4.69) is 0 Å². The molecule has 3 nitrogen and oxygen atoms in total. The molecule has 2 saturated carbocycles. The summed E-state index contributed by atoms with van der Waals surface area (Å²) in [5.41, 5.74) is 0. The van der Waals surface area contributed by atoms with Gasteiger partial charge in [-0.3, -0.25) is 0 Å². The second kappa shape index (κ2) is 5.60. The molecule has 0 N–H and O–H groups in total. The van der Waals surface area contributed by atoms with Crippen LogP contribution in [0.1, 0.15) is 64.2 Å². The van der Waals surface area contributed by atoms with Crippen molar-refractivity contribution in [1.82, 2.24) is 0 Å². The normalized spacial score (nSPS) is 34.2. The van der Waals surface area contributed by atoms with Crippen molar-refractivity contribution in [2.24, 2.45) is 5.92 Å². The molecular weight excluding hydrogens is 228 g/mol. The topological polar surface area (TPSA) is 38.8 Å². The van der Waals surface area contributed by atoms with E-state index < -0.39 is 0 Å². The zero-order valence-electron chi connectivity index (χ0n) is 11.1. The second-order valence-corrected chi connectivity index (χ2v) is 6.12. The van der Waals surface area contributed by atoms with Crippen LogP contribution >= 0.6 is 0 Å². The minimum absolute atomic E-state index is 0.0857. The molecule has 3 rings (SSSR count). The summed E-state index contributed by atoms with van der Waals surface area (Å²) in [6, 6.07) is 0. The molecule has 0 aromatic carbocycles. The highest BCUT2D eigenvalue weighted by Crippen LogP contribution is 2.39. The molecule has 0 aromatic rings. The Morgan fingerprint density at radius 1 is 0.889 bits per heavy atom. The van der Waals surface area contributed by atoms with Gasteiger partial charge in [0.25, 0.3) is 0 Å². The number of hydrogen-bond donors (Lipinski definition) is 0. The van der Waals surface area contributed by atoms with Crippen LogP contribution in [0, 0.1) is 5.92 Å². The van der Waals surface area contributed by atoms with Crippen LogP contribution in [0.4, 0.5) is 0 Å². The molecule has 2 atom stereocenters. The summed E-state index contributed by atoms with van der Waals surface area (Å²) in [5, 5.41) is 0. The fourth-order valence-electron chi connectivity index (χ4n) is 3.55. The van der Waals surface area contributed by atoms with Crippen LogP contribution in [0.3, 0.4) is 0 Å². The van der Waals surface area contributed by atoms with Crippen molar-refractivity contribution in [3.63, 3.8) is 0 Å². The molecule has 0 bridgehead atoms. The number of carbonyl (C=O) groups is 1. The Bertz CT molecular complexity index is 290. The lowest BCUT2D eigenvalue weighted by Gasteiger charge is -2.22. The van der Waals surface area contributed by atoms with E-state index in [-0.39, 0.29) is 24.3 Å². The van der Waals surface area contributed by atoms with Crippen LogP contribution in [0.5, 0.6) is 0 Å². The maximum absolute atomic E-state index is 12.0. The van der Waals surface area contributed by atoms with E-state index in [1.54, 1.807) is 0 Å². The minimum atomic E-state index is -0.227. The lowest BCUT2D eigenvalue weighted by Crippen LogP contribution is -2.26. The number of esters is 1. The van der Waals surface area contributed by atoms with Crippen molar-refractivity contribution >= 4 is 5.97 Å². The molecule has 3 fully saturated rings. The lowest BCUT2D eigenvalue weighted by atomic mass is 9.86. The maximum atomic E-state index is 12.0. The number of hydrogen-bond acceptors (Lipinski definition) is 3. The van der Waals surface area contributed by atoms with Gasteiger partial charge in [-0.2, -0.15) is 0 Å². The monoisotopic (exact) mass is 252 g/mol. The summed E-state index contributed by atoms with van der Waals surface area (Å²) in [6.45, 7) is 0. The molecule has 0 radical (unpaired) electrons. The Balaban J connectivity index is 1.43.